The summed E-state index contributed by atoms with van der Waals surface area (Å²) in [5.41, 5.74) is 0. The predicted molar refractivity (Wildman–Crippen MR) is 75.5 cm³/mol. The first-order valence-electron chi connectivity index (χ1n) is 6.85. The molecule has 1 heterocycles. The second-order valence-corrected chi connectivity index (χ2v) is 5.02. The summed E-state index contributed by atoms with van der Waals surface area (Å²) in [6.45, 7) is 5.85. The summed E-state index contributed by atoms with van der Waals surface area (Å²) >= 11 is 0. The van der Waals surface area contributed by atoms with Crippen molar-refractivity contribution >= 4 is 11.6 Å². The van der Waals surface area contributed by atoms with Crippen LogP contribution >= 0.6 is 0 Å². The highest BCUT2D eigenvalue weighted by atomic mass is 19.4. The Bertz CT molecular complexity index is 452. The van der Waals surface area contributed by atoms with Crippen LogP contribution in [0.25, 0.3) is 0 Å². The van der Waals surface area contributed by atoms with Gasteiger partial charge < -0.3 is 15.7 Å². The van der Waals surface area contributed by atoms with Crippen molar-refractivity contribution < 1.29 is 18.3 Å². The van der Waals surface area contributed by atoms with Crippen molar-refractivity contribution in [2.75, 3.05) is 23.7 Å². The highest BCUT2D eigenvalue weighted by Crippen LogP contribution is 2.21. The van der Waals surface area contributed by atoms with E-state index >= 15 is 0 Å². The molecular weight excluding hydrogens is 285 g/mol. The Balaban J connectivity index is 2.82. The van der Waals surface area contributed by atoms with Crippen molar-refractivity contribution in [2.45, 2.75) is 45.4 Å². The SMILES string of the molecule is CCCNc1cc(NCC(O)C(F)(F)F)nc(C(C)C)n1. The number of anilines is 2. The first-order chi connectivity index (χ1) is 9.74. The molecule has 0 aromatic carbocycles. The van der Waals surface area contributed by atoms with E-state index in [1.165, 1.54) is 6.07 Å². The van der Waals surface area contributed by atoms with Crippen LogP contribution in [0.3, 0.4) is 0 Å². The largest absolute Gasteiger partial charge is 0.416 e. The van der Waals surface area contributed by atoms with E-state index in [4.69, 9.17) is 5.11 Å². The first-order valence-corrected chi connectivity index (χ1v) is 6.85. The standard InChI is InChI=1S/C13H21F3N4O/c1-4-5-17-10-6-11(20-12(19-10)8(2)3)18-7-9(21)13(14,15)16/h6,8-9,21H,4-5,7H2,1-3H3,(H2,17,18,19,20). The van der Waals surface area contributed by atoms with E-state index in [0.29, 0.717) is 18.2 Å². The van der Waals surface area contributed by atoms with Gasteiger partial charge in [0.05, 0.1) is 6.54 Å². The molecule has 1 atom stereocenters. The minimum absolute atomic E-state index is 0.0430. The van der Waals surface area contributed by atoms with Crippen molar-refractivity contribution in [1.82, 2.24) is 9.97 Å². The molecule has 0 spiro atoms. The first kappa shape index (κ1) is 17.5. The van der Waals surface area contributed by atoms with Crippen LogP contribution in [0.1, 0.15) is 38.9 Å². The van der Waals surface area contributed by atoms with Crippen LogP contribution in [0, 0.1) is 0 Å². The highest BCUT2D eigenvalue weighted by Gasteiger charge is 2.37. The fraction of sp³-hybridized carbons (Fsp3) is 0.692. The van der Waals surface area contributed by atoms with Crippen LogP contribution in [0.2, 0.25) is 0 Å². The smallest absolute Gasteiger partial charge is 0.382 e. The van der Waals surface area contributed by atoms with Gasteiger partial charge in [-0.3, -0.25) is 0 Å². The van der Waals surface area contributed by atoms with Crippen LogP contribution in [0.5, 0.6) is 0 Å². The molecule has 0 radical (unpaired) electrons. The minimum atomic E-state index is -4.65. The maximum absolute atomic E-state index is 12.3. The predicted octanol–water partition coefficient (Wildman–Crippen LogP) is 2.76. The third-order valence-corrected chi connectivity index (χ3v) is 2.67. The van der Waals surface area contributed by atoms with Gasteiger partial charge in [0.1, 0.15) is 17.5 Å². The fourth-order valence-electron chi connectivity index (χ4n) is 1.48. The number of hydrogen-bond acceptors (Lipinski definition) is 5. The number of rotatable bonds is 7. The monoisotopic (exact) mass is 306 g/mol. The van der Waals surface area contributed by atoms with E-state index in [9.17, 15) is 13.2 Å². The van der Waals surface area contributed by atoms with E-state index in [2.05, 4.69) is 20.6 Å². The summed E-state index contributed by atoms with van der Waals surface area (Å²) in [6.07, 6.45) is -6.18. The zero-order valence-electron chi connectivity index (χ0n) is 12.3. The van der Waals surface area contributed by atoms with Crippen LogP contribution in [-0.2, 0) is 0 Å². The van der Waals surface area contributed by atoms with Crippen LogP contribution in [0.15, 0.2) is 6.07 Å². The molecule has 1 unspecified atom stereocenters. The molecule has 8 heteroatoms. The normalized spacial score (nSPS) is 13.3. The summed E-state index contributed by atoms with van der Waals surface area (Å²) in [7, 11) is 0. The molecule has 0 fully saturated rings. The molecule has 21 heavy (non-hydrogen) atoms. The number of nitrogens with one attached hydrogen (secondary N) is 2. The summed E-state index contributed by atoms with van der Waals surface area (Å²) in [5, 5.41) is 14.6. The number of nitrogens with zero attached hydrogens (tertiary/aromatic N) is 2. The topological polar surface area (TPSA) is 70.1 Å². The molecule has 1 rings (SSSR count). The maximum Gasteiger partial charge on any atom is 0.416 e. The van der Waals surface area contributed by atoms with Crippen molar-refractivity contribution in [1.29, 1.82) is 0 Å². The Kier molecular flexibility index (Phi) is 6.19. The van der Waals surface area contributed by atoms with Gasteiger partial charge in [-0.25, -0.2) is 9.97 Å². The third-order valence-electron chi connectivity index (χ3n) is 2.67. The molecular formula is C13H21F3N4O. The lowest BCUT2D eigenvalue weighted by molar-refractivity contribution is -0.198. The van der Waals surface area contributed by atoms with Gasteiger partial charge in [0.2, 0.25) is 0 Å². The summed E-state index contributed by atoms with van der Waals surface area (Å²) in [6, 6.07) is 1.53. The lowest BCUT2D eigenvalue weighted by atomic mass is 10.2. The average molecular weight is 306 g/mol. The van der Waals surface area contributed by atoms with Gasteiger partial charge in [0, 0.05) is 18.5 Å². The van der Waals surface area contributed by atoms with Gasteiger partial charge in [-0.15, -0.1) is 0 Å². The molecule has 0 amide bonds. The molecule has 120 valence electrons. The summed E-state index contributed by atoms with van der Waals surface area (Å²) in [4.78, 5) is 8.45. The van der Waals surface area contributed by atoms with Crippen LogP contribution in [-0.4, -0.2) is 40.4 Å². The number of aliphatic hydroxyl groups is 1. The zero-order chi connectivity index (χ0) is 16.0. The zero-order valence-corrected chi connectivity index (χ0v) is 12.3. The highest BCUT2D eigenvalue weighted by molar-refractivity contribution is 5.48. The Morgan fingerprint density at radius 2 is 1.76 bits per heavy atom. The molecule has 0 aliphatic rings. The Hall–Kier alpha value is -1.57. The van der Waals surface area contributed by atoms with Gasteiger partial charge in [0.15, 0.2) is 6.10 Å². The molecule has 0 saturated carbocycles. The van der Waals surface area contributed by atoms with Gasteiger partial charge in [0.25, 0.3) is 0 Å². The molecule has 0 aliphatic heterocycles. The van der Waals surface area contributed by atoms with Gasteiger partial charge in [-0.05, 0) is 6.42 Å². The fourth-order valence-corrected chi connectivity index (χ4v) is 1.48. The van der Waals surface area contributed by atoms with E-state index < -0.39 is 18.8 Å². The minimum Gasteiger partial charge on any atom is -0.382 e. The van der Waals surface area contributed by atoms with E-state index in [1.54, 1.807) is 0 Å². The third kappa shape index (κ3) is 5.74. The Morgan fingerprint density at radius 3 is 2.24 bits per heavy atom. The van der Waals surface area contributed by atoms with Crippen LogP contribution in [0.4, 0.5) is 24.8 Å². The number of hydrogen-bond donors (Lipinski definition) is 3. The van der Waals surface area contributed by atoms with Crippen molar-refractivity contribution in [2.24, 2.45) is 0 Å². The van der Waals surface area contributed by atoms with E-state index in [-0.39, 0.29) is 11.7 Å². The second kappa shape index (κ2) is 7.44. The van der Waals surface area contributed by atoms with Gasteiger partial charge >= 0.3 is 6.18 Å². The number of halogens is 3. The quantitative estimate of drug-likeness (QED) is 0.722. The molecule has 1 aromatic rings. The molecule has 0 bridgehead atoms. The van der Waals surface area contributed by atoms with Gasteiger partial charge in [-0.1, -0.05) is 20.8 Å². The Morgan fingerprint density at radius 1 is 1.19 bits per heavy atom. The van der Waals surface area contributed by atoms with E-state index in [0.717, 1.165) is 6.42 Å². The Labute approximate surface area is 122 Å². The van der Waals surface area contributed by atoms with Crippen molar-refractivity contribution in [3.05, 3.63) is 11.9 Å². The maximum atomic E-state index is 12.3. The second-order valence-electron chi connectivity index (χ2n) is 5.02. The molecule has 3 N–H and O–H groups in total. The summed E-state index contributed by atoms with van der Waals surface area (Å²) in [5.74, 6) is 1.39. The molecule has 0 aliphatic carbocycles. The molecule has 0 saturated heterocycles. The molecule has 5 nitrogen and oxygen atoms in total. The number of alkyl halides is 3. The summed E-state index contributed by atoms with van der Waals surface area (Å²) < 4.78 is 36.8. The lowest BCUT2D eigenvalue weighted by Gasteiger charge is -2.17. The van der Waals surface area contributed by atoms with Gasteiger partial charge in [-0.2, -0.15) is 13.2 Å². The van der Waals surface area contributed by atoms with Crippen LogP contribution < -0.4 is 10.6 Å². The average Bonchev–Trinajstić information content (AvgIpc) is 2.41. The molecule has 1 aromatic heterocycles. The van der Waals surface area contributed by atoms with E-state index in [1.807, 2.05) is 20.8 Å². The lowest BCUT2D eigenvalue weighted by Crippen LogP contribution is -2.35. The van der Waals surface area contributed by atoms with Crippen molar-refractivity contribution in [3.63, 3.8) is 0 Å². The number of aliphatic hydroxyl groups excluding tert-OH is 1. The number of aromatic nitrogens is 2. The van der Waals surface area contributed by atoms with Crippen molar-refractivity contribution in [3.8, 4) is 0 Å².